The van der Waals surface area contributed by atoms with E-state index in [2.05, 4.69) is 46.5 Å². The van der Waals surface area contributed by atoms with Crippen molar-refractivity contribution >= 4 is 38.5 Å². The van der Waals surface area contributed by atoms with Crippen LogP contribution in [0.15, 0.2) is 41.1 Å². The highest BCUT2D eigenvalue weighted by Crippen LogP contribution is 2.32. The van der Waals surface area contributed by atoms with Gasteiger partial charge in [-0.15, -0.1) is 22.7 Å². The van der Waals surface area contributed by atoms with E-state index in [4.69, 9.17) is 0 Å². The van der Waals surface area contributed by atoms with Gasteiger partial charge in [0.25, 0.3) is 0 Å². The van der Waals surface area contributed by atoms with Crippen molar-refractivity contribution in [2.45, 2.75) is 6.42 Å². The van der Waals surface area contributed by atoms with E-state index >= 15 is 0 Å². The number of hydrogen-bond donors (Lipinski definition) is 0. The highest BCUT2D eigenvalue weighted by molar-refractivity contribution is 8.18. The number of thiophene rings is 2. The van der Waals surface area contributed by atoms with Crippen LogP contribution in [0, 0.1) is 0 Å². The molecule has 0 aromatic carbocycles. The summed E-state index contributed by atoms with van der Waals surface area (Å²) in [5, 5.41) is 6.91. The highest BCUT2D eigenvalue weighted by atomic mass is 32.2. The van der Waals surface area contributed by atoms with Crippen molar-refractivity contribution in [2.75, 3.05) is 5.75 Å². The monoisotopic (exact) mass is 264 g/mol. The minimum atomic E-state index is 0.397. The summed E-state index contributed by atoms with van der Waals surface area (Å²) in [6, 6.07) is 8.80. The molecule has 3 heterocycles. The lowest BCUT2D eigenvalue weighted by atomic mass is 10.4. The first-order valence-corrected chi connectivity index (χ1v) is 8.47. The molecule has 16 heavy (non-hydrogen) atoms. The van der Waals surface area contributed by atoms with Gasteiger partial charge >= 0.3 is 0 Å². The van der Waals surface area contributed by atoms with E-state index in [-0.39, 0.29) is 0 Å². The molecule has 0 radical (unpaired) electrons. The standard InChI is InChI=1S/C13H12S3/c1-2-9-16(8-1)10-11-5-6-13(15-11)12-4-3-7-14-12/h1,3-8,10H,2,9H2. The summed E-state index contributed by atoms with van der Waals surface area (Å²) < 4.78 is 0. The van der Waals surface area contributed by atoms with Crippen LogP contribution in [-0.4, -0.2) is 11.1 Å². The molecule has 1 aliphatic rings. The van der Waals surface area contributed by atoms with Crippen LogP contribution in [0.5, 0.6) is 0 Å². The summed E-state index contributed by atoms with van der Waals surface area (Å²) in [4.78, 5) is 4.20. The van der Waals surface area contributed by atoms with Gasteiger partial charge in [0.2, 0.25) is 0 Å². The second-order valence-corrected chi connectivity index (χ2v) is 7.55. The van der Waals surface area contributed by atoms with Gasteiger partial charge in [0.15, 0.2) is 0 Å². The third kappa shape index (κ3) is 2.21. The molecule has 2 aromatic heterocycles. The third-order valence-corrected chi connectivity index (χ3v) is 6.50. The molecule has 82 valence electrons. The molecule has 0 bridgehead atoms. The van der Waals surface area contributed by atoms with Crippen molar-refractivity contribution in [3.63, 3.8) is 0 Å². The molecule has 1 atom stereocenters. The van der Waals surface area contributed by atoms with Gasteiger partial charge in [0.1, 0.15) is 0 Å². The minimum Gasteiger partial charge on any atom is -0.161 e. The summed E-state index contributed by atoms with van der Waals surface area (Å²) in [6.45, 7) is 0. The zero-order valence-corrected chi connectivity index (χ0v) is 11.2. The first kappa shape index (κ1) is 10.5. The van der Waals surface area contributed by atoms with Crippen LogP contribution in [0.4, 0.5) is 0 Å². The second-order valence-electron chi connectivity index (χ2n) is 3.63. The lowest BCUT2D eigenvalue weighted by Gasteiger charge is -1.93. The van der Waals surface area contributed by atoms with Crippen LogP contribution in [0.1, 0.15) is 11.3 Å². The summed E-state index contributed by atoms with van der Waals surface area (Å²) in [6.07, 6.45) is 3.55. The molecule has 0 saturated heterocycles. The SMILES string of the molecule is C1=CS(=Cc2ccc(-c3cccs3)s2)CC1. The molecule has 1 unspecified atom stereocenters. The average molecular weight is 264 g/mol. The predicted octanol–water partition coefficient (Wildman–Crippen LogP) is 4.81. The van der Waals surface area contributed by atoms with Gasteiger partial charge in [0, 0.05) is 14.6 Å². The Hall–Kier alpha value is -0.640. The normalized spacial score (nSPS) is 19.6. The molecule has 0 spiro atoms. The first-order valence-electron chi connectivity index (χ1n) is 5.25. The predicted molar refractivity (Wildman–Crippen MR) is 79.0 cm³/mol. The quantitative estimate of drug-likeness (QED) is 0.683. The zero-order chi connectivity index (χ0) is 10.8. The molecule has 0 fully saturated rings. The summed E-state index contributed by atoms with van der Waals surface area (Å²) in [7, 11) is 0.397. The van der Waals surface area contributed by atoms with Crippen LogP contribution < -0.4 is 0 Å². The van der Waals surface area contributed by atoms with Gasteiger partial charge in [-0.3, -0.25) is 0 Å². The van der Waals surface area contributed by atoms with Crippen molar-refractivity contribution in [3.05, 3.63) is 46.0 Å². The van der Waals surface area contributed by atoms with Crippen molar-refractivity contribution in [2.24, 2.45) is 0 Å². The minimum absolute atomic E-state index is 0.397. The Labute approximate surface area is 106 Å². The fraction of sp³-hybridized carbons (Fsp3) is 0.154. The van der Waals surface area contributed by atoms with Crippen molar-refractivity contribution in [1.29, 1.82) is 0 Å². The number of rotatable bonds is 2. The molecular weight excluding hydrogens is 252 g/mol. The second kappa shape index (κ2) is 4.70. The van der Waals surface area contributed by atoms with E-state index in [9.17, 15) is 0 Å². The summed E-state index contributed by atoms with van der Waals surface area (Å²) in [5.74, 6) is 1.31. The lowest BCUT2D eigenvalue weighted by molar-refractivity contribution is 1.28. The van der Waals surface area contributed by atoms with E-state index in [1.165, 1.54) is 26.8 Å². The topological polar surface area (TPSA) is 0 Å². The van der Waals surface area contributed by atoms with E-state index in [0.29, 0.717) is 10.5 Å². The lowest BCUT2D eigenvalue weighted by Crippen LogP contribution is -1.74. The average Bonchev–Trinajstić information content (AvgIpc) is 2.99. The van der Waals surface area contributed by atoms with Crippen LogP contribution in [0.25, 0.3) is 9.75 Å². The Morgan fingerprint density at radius 2 is 2.19 bits per heavy atom. The largest absolute Gasteiger partial charge is 0.161 e. The van der Waals surface area contributed by atoms with Gasteiger partial charge in [-0.25, -0.2) is 0 Å². The van der Waals surface area contributed by atoms with Gasteiger partial charge in [-0.1, -0.05) is 12.1 Å². The first-order chi connectivity index (χ1) is 7.92. The van der Waals surface area contributed by atoms with E-state index in [1.807, 2.05) is 22.7 Å². The molecular formula is C13H12S3. The Kier molecular flexibility index (Phi) is 3.09. The van der Waals surface area contributed by atoms with Gasteiger partial charge in [0.05, 0.1) is 0 Å². The Bertz CT molecular complexity index is 529. The zero-order valence-electron chi connectivity index (χ0n) is 8.76. The maximum Gasteiger partial charge on any atom is 0.0449 e. The van der Waals surface area contributed by atoms with Crippen molar-refractivity contribution in [1.82, 2.24) is 0 Å². The van der Waals surface area contributed by atoms with Crippen LogP contribution in [0.2, 0.25) is 0 Å². The van der Waals surface area contributed by atoms with Crippen LogP contribution >= 0.6 is 33.2 Å². The molecule has 0 aliphatic carbocycles. The molecule has 3 heteroatoms. The van der Waals surface area contributed by atoms with E-state index in [0.717, 1.165) is 0 Å². The molecule has 0 N–H and O–H groups in total. The highest BCUT2D eigenvalue weighted by Gasteiger charge is 2.03. The smallest absolute Gasteiger partial charge is 0.0449 e. The van der Waals surface area contributed by atoms with E-state index in [1.54, 1.807) is 0 Å². The number of allylic oxidation sites excluding steroid dienone is 1. The Morgan fingerprint density at radius 3 is 2.94 bits per heavy atom. The fourth-order valence-corrected chi connectivity index (χ4v) is 5.35. The van der Waals surface area contributed by atoms with Crippen LogP contribution in [0.3, 0.4) is 0 Å². The maximum absolute atomic E-state index is 2.42. The van der Waals surface area contributed by atoms with Crippen LogP contribution in [-0.2, 0) is 0 Å². The fourth-order valence-electron chi connectivity index (χ4n) is 1.68. The number of hydrogen-bond acceptors (Lipinski definition) is 2. The van der Waals surface area contributed by atoms with Gasteiger partial charge < -0.3 is 0 Å². The Balaban J connectivity index is 1.88. The summed E-state index contributed by atoms with van der Waals surface area (Å²) >= 11 is 3.72. The molecule has 0 nitrogen and oxygen atoms in total. The van der Waals surface area contributed by atoms with Crippen molar-refractivity contribution < 1.29 is 0 Å². The van der Waals surface area contributed by atoms with Gasteiger partial charge in [-0.05, 0) is 46.5 Å². The Morgan fingerprint density at radius 1 is 1.19 bits per heavy atom. The molecule has 2 aromatic rings. The molecule has 3 rings (SSSR count). The van der Waals surface area contributed by atoms with E-state index < -0.39 is 0 Å². The summed E-state index contributed by atoms with van der Waals surface area (Å²) in [5.41, 5.74) is 0. The molecule has 1 aliphatic heterocycles. The molecule has 0 amide bonds. The molecule has 0 saturated carbocycles. The third-order valence-electron chi connectivity index (χ3n) is 2.45. The van der Waals surface area contributed by atoms with Gasteiger partial charge in [-0.2, -0.15) is 10.5 Å². The maximum atomic E-state index is 2.42. The van der Waals surface area contributed by atoms with Crippen molar-refractivity contribution in [3.8, 4) is 9.75 Å².